The van der Waals surface area contributed by atoms with Crippen LogP contribution < -0.4 is 5.32 Å². The fourth-order valence-corrected chi connectivity index (χ4v) is 4.01. The number of hydrogen-bond acceptors (Lipinski definition) is 5. The third-order valence-corrected chi connectivity index (χ3v) is 4.95. The Kier molecular flexibility index (Phi) is 3.07. The van der Waals surface area contributed by atoms with E-state index in [2.05, 4.69) is 22.4 Å². The van der Waals surface area contributed by atoms with Gasteiger partial charge < -0.3 is 5.32 Å². The van der Waals surface area contributed by atoms with Crippen LogP contribution in [0.4, 0.5) is 0 Å². The van der Waals surface area contributed by atoms with Crippen molar-refractivity contribution in [3.8, 4) is 0 Å². The Bertz CT molecular complexity index is 532. The van der Waals surface area contributed by atoms with Crippen molar-refractivity contribution in [1.82, 2.24) is 25.1 Å². The molecular formula is C12H19N5S. The van der Waals surface area contributed by atoms with Gasteiger partial charge in [-0.1, -0.05) is 24.7 Å². The lowest BCUT2D eigenvalue weighted by molar-refractivity contribution is 0.287. The van der Waals surface area contributed by atoms with Gasteiger partial charge in [0.05, 0.1) is 0 Å². The van der Waals surface area contributed by atoms with Crippen LogP contribution in [0.3, 0.4) is 0 Å². The van der Waals surface area contributed by atoms with Gasteiger partial charge in [-0.05, 0) is 32.7 Å². The van der Waals surface area contributed by atoms with Crippen molar-refractivity contribution >= 4 is 16.3 Å². The lowest BCUT2D eigenvalue weighted by Gasteiger charge is -2.35. The molecule has 1 aliphatic heterocycles. The number of rotatable bonds is 3. The summed E-state index contributed by atoms with van der Waals surface area (Å²) in [6.07, 6.45) is 4.86. The van der Waals surface area contributed by atoms with Crippen molar-refractivity contribution in [2.24, 2.45) is 0 Å². The Morgan fingerprint density at radius 2 is 2.33 bits per heavy atom. The van der Waals surface area contributed by atoms with Crippen molar-refractivity contribution in [2.75, 3.05) is 13.1 Å². The maximum Gasteiger partial charge on any atom is 0.234 e. The van der Waals surface area contributed by atoms with Crippen molar-refractivity contribution in [1.29, 1.82) is 0 Å². The molecule has 2 aromatic rings. The van der Waals surface area contributed by atoms with E-state index in [1.807, 2.05) is 11.4 Å². The molecule has 1 atom stereocenters. The molecule has 0 saturated carbocycles. The van der Waals surface area contributed by atoms with Crippen LogP contribution in [0.2, 0.25) is 0 Å². The number of hydrogen-bond donors (Lipinski definition) is 1. The molecule has 3 heterocycles. The smallest absolute Gasteiger partial charge is 0.234 e. The number of aryl methyl sites for hydroxylation is 1. The molecule has 2 aromatic heterocycles. The monoisotopic (exact) mass is 265 g/mol. The van der Waals surface area contributed by atoms with E-state index in [9.17, 15) is 0 Å². The maximum absolute atomic E-state index is 4.76. The number of nitrogens with one attached hydrogen (secondary N) is 1. The summed E-state index contributed by atoms with van der Waals surface area (Å²) in [5.74, 6) is 0.878. The van der Waals surface area contributed by atoms with Crippen molar-refractivity contribution in [3.63, 3.8) is 0 Å². The summed E-state index contributed by atoms with van der Waals surface area (Å²) >= 11 is 1.70. The molecule has 3 rings (SSSR count). The van der Waals surface area contributed by atoms with Crippen LogP contribution in [0, 0.1) is 6.92 Å². The molecule has 0 aliphatic carbocycles. The number of fused-ring (bicyclic) bond motifs is 1. The summed E-state index contributed by atoms with van der Waals surface area (Å²) < 4.78 is 1.88. The van der Waals surface area contributed by atoms with E-state index >= 15 is 0 Å². The molecule has 1 N–H and O–H groups in total. The highest BCUT2D eigenvalue weighted by atomic mass is 32.1. The second kappa shape index (κ2) is 4.59. The Hall–Kier alpha value is -1.01. The van der Waals surface area contributed by atoms with Gasteiger partial charge >= 0.3 is 0 Å². The van der Waals surface area contributed by atoms with Gasteiger partial charge in [0.25, 0.3) is 0 Å². The van der Waals surface area contributed by atoms with Gasteiger partial charge in [0.2, 0.25) is 4.96 Å². The standard InChI is InChI=1S/C12H19N5S/c1-3-5-12(6-4-7-13-8-12)10-16-17-9(2)14-15-11(17)18-10/h13H,3-8H2,1-2H3. The van der Waals surface area contributed by atoms with E-state index in [1.54, 1.807) is 11.3 Å². The number of piperidine rings is 1. The minimum atomic E-state index is 0.213. The molecule has 18 heavy (non-hydrogen) atoms. The molecule has 0 aromatic carbocycles. The highest BCUT2D eigenvalue weighted by molar-refractivity contribution is 7.16. The third-order valence-electron chi connectivity index (χ3n) is 3.80. The van der Waals surface area contributed by atoms with Gasteiger partial charge in [0, 0.05) is 12.0 Å². The van der Waals surface area contributed by atoms with E-state index in [0.717, 1.165) is 23.9 Å². The first kappa shape index (κ1) is 12.0. The normalized spacial score (nSPS) is 24.8. The predicted octanol–water partition coefficient (Wildman–Crippen LogP) is 1.92. The average molecular weight is 265 g/mol. The Morgan fingerprint density at radius 3 is 3.00 bits per heavy atom. The maximum atomic E-state index is 4.76. The van der Waals surface area contributed by atoms with Crippen LogP contribution in [0.1, 0.15) is 43.4 Å². The summed E-state index contributed by atoms with van der Waals surface area (Å²) in [4.78, 5) is 0.920. The number of aromatic nitrogens is 4. The van der Waals surface area contributed by atoms with Gasteiger partial charge in [0.1, 0.15) is 5.01 Å². The fourth-order valence-electron chi connectivity index (χ4n) is 2.88. The first-order valence-corrected chi connectivity index (χ1v) is 7.47. The molecule has 1 fully saturated rings. The SMILES string of the molecule is CCCC1(c2nn3c(C)nnc3s2)CCCNC1. The van der Waals surface area contributed by atoms with Crippen molar-refractivity contribution in [2.45, 2.75) is 44.9 Å². The average Bonchev–Trinajstić information content (AvgIpc) is 2.94. The van der Waals surface area contributed by atoms with Gasteiger partial charge in [-0.15, -0.1) is 10.2 Å². The summed E-state index contributed by atoms with van der Waals surface area (Å²) in [6, 6.07) is 0. The van der Waals surface area contributed by atoms with Crippen LogP contribution >= 0.6 is 11.3 Å². The summed E-state index contributed by atoms with van der Waals surface area (Å²) in [6.45, 7) is 6.38. The molecule has 0 spiro atoms. The van der Waals surface area contributed by atoms with Gasteiger partial charge in [-0.3, -0.25) is 0 Å². The van der Waals surface area contributed by atoms with E-state index in [-0.39, 0.29) is 5.41 Å². The quantitative estimate of drug-likeness (QED) is 0.921. The molecule has 98 valence electrons. The van der Waals surface area contributed by atoms with Gasteiger partial charge in [0.15, 0.2) is 5.82 Å². The van der Waals surface area contributed by atoms with Crippen LogP contribution in [0.25, 0.3) is 4.96 Å². The molecular weight excluding hydrogens is 246 g/mol. The summed E-state index contributed by atoms with van der Waals surface area (Å²) in [5.41, 5.74) is 0.213. The molecule has 0 amide bonds. The largest absolute Gasteiger partial charge is 0.316 e. The minimum absolute atomic E-state index is 0.213. The van der Waals surface area contributed by atoms with E-state index in [4.69, 9.17) is 5.10 Å². The van der Waals surface area contributed by atoms with E-state index in [1.165, 1.54) is 30.7 Å². The zero-order valence-corrected chi connectivity index (χ0v) is 11.8. The van der Waals surface area contributed by atoms with Crippen LogP contribution in [0.15, 0.2) is 0 Å². The second-order valence-electron chi connectivity index (χ2n) is 5.16. The first-order chi connectivity index (χ1) is 8.75. The molecule has 5 nitrogen and oxygen atoms in total. The van der Waals surface area contributed by atoms with Crippen molar-refractivity contribution in [3.05, 3.63) is 10.8 Å². The first-order valence-electron chi connectivity index (χ1n) is 6.65. The minimum Gasteiger partial charge on any atom is -0.316 e. The highest BCUT2D eigenvalue weighted by Crippen LogP contribution is 2.37. The van der Waals surface area contributed by atoms with Crippen LogP contribution in [-0.2, 0) is 5.41 Å². The Morgan fingerprint density at radius 1 is 1.44 bits per heavy atom. The molecule has 1 unspecified atom stereocenters. The van der Waals surface area contributed by atoms with E-state index < -0.39 is 0 Å². The molecule has 6 heteroatoms. The second-order valence-corrected chi connectivity index (χ2v) is 6.12. The van der Waals surface area contributed by atoms with Crippen LogP contribution in [0.5, 0.6) is 0 Å². The summed E-state index contributed by atoms with van der Waals surface area (Å²) in [7, 11) is 0. The Balaban J connectivity index is 2.02. The zero-order valence-electron chi connectivity index (χ0n) is 10.9. The molecule has 1 aliphatic rings. The topological polar surface area (TPSA) is 55.1 Å². The van der Waals surface area contributed by atoms with Gasteiger partial charge in [-0.25, -0.2) is 0 Å². The van der Waals surface area contributed by atoms with E-state index in [0.29, 0.717) is 0 Å². The molecule has 1 saturated heterocycles. The number of nitrogens with zero attached hydrogens (tertiary/aromatic N) is 4. The van der Waals surface area contributed by atoms with Crippen LogP contribution in [-0.4, -0.2) is 32.9 Å². The molecule has 0 radical (unpaired) electrons. The zero-order chi connectivity index (χ0) is 12.6. The predicted molar refractivity (Wildman–Crippen MR) is 72.1 cm³/mol. The lowest BCUT2D eigenvalue weighted by Crippen LogP contribution is -2.43. The Labute approximate surface area is 111 Å². The fraction of sp³-hybridized carbons (Fsp3) is 0.750. The summed E-state index contributed by atoms with van der Waals surface area (Å²) in [5, 5.41) is 17.7. The third kappa shape index (κ3) is 1.83. The lowest BCUT2D eigenvalue weighted by atomic mass is 9.77. The van der Waals surface area contributed by atoms with Gasteiger partial charge in [-0.2, -0.15) is 9.61 Å². The van der Waals surface area contributed by atoms with Crippen molar-refractivity contribution < 1.29 is 0 Å². The molecule has 0 bridgehead atoms. The highest BCUT2D eigenvalue weighted by Gasteiger charge is 2.36.